The van der Waals surface area contributed by atoms with Gasteiger partial charge < -0.3 is 10.6 Å². The molecule has 2 rings (SSSR count). The molecule has 1 aromatic rings. The third-order valence-corrected chi connectivity index (χ3v) is 5.20. The molecule has 0 spiro atoms. The molecule has 0 saturated carbocycles. The van der Waals surface area contributed by atoms with Gasteiger partial charge in [0.1, 0.15) is 0 Å². The normalized spacial score (nSPS) is 17.4. The highest BCUT2D eigenvalue weighted by Gasteiger charge is 2.28. The van der Waals surface area contributed by atoms with Gasteiger partial charge in [-0.05, 0) is 24.3 Å². The van der Waals surface area contributed by atoms with E-state index in [1.165, 1.54) is 16.4 Å². The van der Waals surface area contributed by atoms with Gasteiger partial charge in [-0.2, -0.15) is 4.31 Å². The topological polar surface area (TPSA) is 90.5 Å². The first-order valence-corrected chi connectivity index (χ1v) is 7.58. The molecule has 0 aromatic heterocycles. The molecule has 3 N–H and O–H groups in total. The highest BCUT2D eigenvalue weighted by Crippen LogP contribution is 2.19. The maximum Gasteiger partial charge on any atom is 0.243 e. The van der Waals surface area contributed by atoms with Crippen LogP contribution in [0.3, 0.4) is 0 Å². The molecule has 104 valence electrons. The number of hydrogen-bond acceptors (Lipinski definition) is 3. The number of sulfonamides is 1. The van der Waals surface area contributed by atoms with Crippen LogP contribution in [0.5, 0.6) is 0 Å². The average Bonchev–Trinajstić information content (AvgIpc) is 2.39. The van der Waals surface area contributed by atoms with Gasteiger partial charge in [0.25, 0.3) is 0 Å². The van der Waals surface area contributed by atoms with Crippen LogP contribution in [-0.4, -0.2) is 49.8 Å². The van der Waals surface area contributed by atoms with Crippen LogP contribution >= 0.6 is 11.6 Å². The maximum absolute atomic E-state index is 12.4. The fraction of sp³-hybridized carbons (Fsp3) is 0.364. The van der Waals surface area contributed by atoms with Gasteiger partial charge in [0.15, 0.2) is 5.96 Å². The number of benzene rings is 1. The molecule has 6 nitrogen and oxygen atoms in total. The first-order valence-electron chi connectivity index (χ1n) is 5.76. The Morgan fingerprint density at radius 3 is 2.16 bits per heavy atom. The molecule has 0 atom stereocenters. The average molecular weight is 303 g/mol. The highest BCUT2D eigenvalue weighted by atomic mass is 35.5. The summed E-state index contributed by atoms with van der Waals surface area (Å²) in [7, 11) is -3.49. The number of guanidine groups is 1. The van der Waals surface area contributed by atoms with E-state index in [1.807, 2.05) is 0 Å². The maximum atomic E-state index is 12.4. The third-order valence-electron chi connectivity index (χ3n) is 3.03. The molecule has 19 heavy (non-hydrogen) atoms. The number of nitrogens with two attached hydrogens (primary N) is 1. The lowest BCUT2D eigenvalue weighted by Gasteiger charge is -2.34. The standard InChI is InChI=1S/C11H15ClN4O2S/c12-9-1-3-10(4-2-9)19(17,18)16-7-5-15(6-8-16)11(13)14/h1-4H,5-8H2,(H3,13,14). The Morgan fingerprint density at radius 2 is 1.68 bits per heavy atom. The zero-order valence-corrected chi connectivity index (χ0v) is 11.8. The number of nitrogens with one attached hydrogen (secondary N) is 1. The molecule has 0 bridgehead atoms. The summed E-state index contributed by atoms with van der Waals surface area (Å²) in [6.45, 7) is 1.51. The van der Waals surface area contributed by atoms with Gasteiger partial charge in [0.2, 0.25) is 10.0 Å². The molecule has 0 radical (unpaired) electrons. The van der Waals surface area contributed by atoms with Crippen molar-refractivity contribution in [3.63, 3.8) is 0 Å². The second-order valence-corrected chi connectivity index (χ2v) is 6.60. The highest BCUT2D eigenvalue weighted by molar-refractivity contribution is 7.89. The van der Waals surface area contributed by atoms with Crippen LogP contribution in [0, 0.1) is 5.41 Å². The number of piperazine rings is 1. The van der Waals surface area contributed by atoms with Crippen molar-refractivity contribution in [2.75, 3.05) is 26.2 Å². The fourth-order valence-corrected chi connectivity index (χ4v) is 3.47. The number of hydrogen-bond donors (Lipinski definition) is 2. The Kier molecular flexibility index (Phi) is 3.98. The Hall–Kier alpha value is -1.31. The number of halogens is 1. The molecule has 1 saturated heterocycles. The van der Waals surface area contributed by atoms with Gasteiger partial charge in [-0.15, -0.1) is 0 Å². The van der Waals surface area contributed by atoms with Crippen LogP contribution in [0.4, 0.5) is 0 Å². The summed E-state index contributed by atoms with van der Waals surface area (Å²) in [5.41, 5.74) is 5.38. The molecule has 1 aliphatic rings. The van der Waals surface area contributed by atoms with Crippen molar-refractivity contribution >= 4 is 27.6 Å². The lowest BCUT2D eigenvalue weighted by atomic mass is 10.4. The van der Waals surface area contributed by atoms with Crippen molar-refractivity contribution in [3.05, 3.63) is 29.3 Å². The second kappa shape index (κ2) is 5.36. The smallest absolute Gasteiger partial charge is 0.243 e. The van der Waals surface area contributed by atoms with E-state index in [2.05, 4.69) is 0 Å². The summed E-state index contributed by atoms with van der Waals surface area (Å²) in [4.78, 5) is 1.88. The van der Waals surface area contributed by atoms with E-state index in [0.717, 1.165) is 0 Å². The minimum absolute atomic E-state index is 0.0245. The van der Waals surface area contributed by atoms with Crippen molar-refractivity contribution in [1.29, 1.82) is 5.41 Å². The minimum Gasteiger partial charge on any atom is -0.370 e. The van der Waals surface area contributed by atoms with Crippen LogP contribution in [0.15, 0.2) is 29.2 Å². The predicted molar refractivity (Wildman–Crippen MR) is 73.7 cm³/mol. The monoisotopic (exact) mass is 302 g/mol. The summed E-state index contributed by atoms with van der Waals surface area (Å²) >= 11 is 5.75. The van der Waals surface area contributed by atoms with Crippen LogP contribution in [-0.2, 0) is 10.0 Å². The quantitative estimate of drug-likeness (QED) is 0.616. The zero-order chi connectivity index (χ0) is 14.0. The first kappa shape index (κ1) is 14.1. The van der Waals surface area contributed by atoms with Crippen LogP contribution in [0.1, 0.15) is 0 Å². The van der Waals surface area contributed by atoms with Crippen LogP contribution < -0.4 is 5.73 Å². The van der Waals surface area contributed by atoms with Gasteiger partial charge in [-0.25, -0.2) is 8.42 Å². The van der Waals surface area contributed by atoms with Gasteiger partial charge in [-0.3, -0.25) is 5.41 Å². The zero-order valence-electron chi connectivity index (χ0n) is 10.2. The van der Waals surface area contributed by atoms with Crippen molar-refractivity contribution in [2.45, 2.75) is 4.90 Å². The van der Waals surface area contributed by atoms with E-state index in [0.29, 0.717) is 31.2 Å². The minimum atomic E-state index is -3.49. The Morgan fingerprint density at radius 1 is 1.16 bits per heavy atom. The molecule has 1 aromatic carbocycles. The molecule has 0 aliphatic carbocycles. The molecule has 1 heterocycles. The van der Waals surface area contributed by atoms with Gasteiger partial charge in [-0.1, -0.05) is 11.6 Å². The first-order chi connectivity index (χ1) is 8.91. The predicted octanol–water partition coefficient (Wildman–Crippen LogP) is 0.540. The van der Waals surface area contributed by atoms with Crippen molar-refractivity contribution in [3.8, 4) is 0 Å². The van der Waals surface area contributed by atoms with Crippen LogP contribution in [0.25, 0.3) is 0 Å². The largest absolute Gasteiger partial charge is 0.370 e. The second-order valence-electron chi connectivity index (χ2n) is 4.23. The van der Waals surface area contributed by atoms with Crippen molar-refractivity contribution < 1.29 is 8.42 Å². The molecule has 8 heteroatoms. The van der Waals surface area contributed by atoms with Gasteiger partial charge in [0.05, 0.1) is 4.90 Å². The molecular weight excluding hydrogens is 288 g/mol. The van der Waals surface area contributed by atoms with Gasteiger partial charge >= 0.3 is 0 Å². The summed E-state index contributed by atoms with van der Waals surface area (Å²) in [5, 5.41) is 7.82. The SMILES string of the molecule is N=C(N)N1CCN(S(=O)(=O)c2ccc(Cl)cc2)CC1. The van der Waals surface area contributed by atoms with Crippen LogP contribution in [0.2, 0.25) is 5.02 Å². The van der Waals surface area contributed by atoms with Gasteiger partial charge in [0, 0.05) is 31.2 Å². The Labute approximate surface area is 117 Å². The fourth-order valence-electron chi connectivity index (χ4n) is 1.92. The van der Waals surface area contributed by atoms with E-state index in [1.54, 1.807) is 17.0 Å². The molecule has 1 aliphatic heterocycles. The Balaban J connectivity index is 2.14. The van der Waals surface area contributed by atoms with E-state index >= 15 is 0 Å². The number of nitrogens with zero attached hydrogens (tertiary/aromatic N) is 2. The molecule has 1 fully saturated rings. The van der Waals surface area contributed by atoms with E-state index < -0.39 is 10.0 Å². The molecule has 0 amide bonds. The lowest BCUT2D eigenvalue weighted by Crippen LogP contribution is -2.52. The molecular formula is C11H15ClN4O2S. The van der Waals surface area contributed by atoms with E-state index in [4.69, 9.17) is 22.7 Å². The molecule has 0 unspecified atom stereocenters. The lowest BCUT2D eigenvalue weighted by molar-refractivity contribution is 0.263. The number of rotatable bonds is 2. The summed E-state index contributed by atoms with van der Waals surface area (Å²) in [6.07, 6.45) is 0. The van der Waals surface area contributed by atoms with Crippen molar-refractivity contribution in [2.24, 2.45) is 5.73 Å². The summed E-state index contributed by atoms with van der Waals surface area (Å²) in [6, 6.07) is 6.10. The summed E-state index contributed by atoms with van der Waals surface area (Å²) in [5.74, 6) is -0.0245. The van der Waals surface area contributed by atoms with E-state index in [-0.39, 0.29) is 10.9 Å². The van der Waals surface area contributed by atoms with Crippen molar-refractivity contribution in [1.82, 2.24) is 9.21 Å². The Bertz CT molecular complexity index is 565. The summed E-state index contributed by atoms with van der Waals surface area (Å²) < 4.78 is 26.1. The van der Waals surface area contributed by atoms with E-state index in [9.17, 15) is 8.42 Å². The third kappa shape index (κ3) is 2.99.